The van der Waals surface area contributed by atoms with E-state index in [0.717, 1.165) is 17.8 Å². The third-order valence-electron chi connectivity index (χ3n) is 2.03. The molecule has 1 heterocycles. The van der Waals surface area contributed by atoms with Crippen LogP contribution in [0.1, 0.15) is 12.6 Å². The normalized spacial score (nSPS) is 11.7. The molecule has 0 aromatic carbocycles. The highest BCUT2D eigenvalue weighted by Crippen LogP contribution is 2.12. The number of sulfone groups is 1. The second kappa shape index (κ2) is 4.65. The smallest absolute Gasteiger partial charge is 0.149 e. The minimum Gasteiger partial charge on any atom is -0.381 e. The molecule has 0 fully saturated rings. The molecule has 0 saturated heterocycles. The fourth-order valence-corrected chi connectivity index (χ4v) is 1.79. The predicted octanol–water partition coefficient (Wildman–Crippen LogP) is 0.439. The Morgan fingerprint density at radius 1 is 1.53 bits per heavy atom. The quantitative estimate of drug-likeness (QED) is 0.798. The van der Waals surface area contributed by atoms with E-state index in [0.29, 0.717) is 6.54 Å². The van der Waals surface area contributed by atoms with Gasteiger partial charge in [0.2, 0.25) is 0 Å². The van der Waals surface area contributed by atoms with Crippen molar-refractivity contribution in [1.82, 2.24) is 9.78 Å². The first-order valence-electron chi connectivity index (χ1n) is 4.86. The summed E-state index contributed by atoms with van der Waals surface area (Å²) in [6, 6.07) is 0. The fourth-order valence-electron chi connectivity index (χ4n) is 1.31. The van der Waals surface area contributed by atoms with E-state index in [1.807, 2.05) is 20.2 Å². The van der Waals surface area contributed by atoms with Crippen molar-refractivity contribution in [3.05, 3.63) is 11.9 Å². The van der Waals surface area contributed by atoms with Crippen molar-refractivity contribution in [3.63, 3.8) is 0 Å². The van der Waals surface area contributed by atoms with E-state index in [9.17, 15) is 8.42 Å². The van der Waals surface area contributed by atoms with Crippen molar-refractivity contribution in [3.8, 4) is 0 Å². The molecule has 0 bridgehead atoms. The molecular formula is C9H17N3O2S. The average molecular weight is 231 g/mol. The van der Waals surface area contributed by atoms with Gasteiger partial charge in [-0.2, -0.15) is 5.10 Å². The van der Waals surface area contributed by atoms with Gasteiger partial charge in [-0.25, -0.2) is 8.42 Å². The average Bonchev–Trinajstić information content (AvgIpc) is 2.44. The van der Waals surface area contributed by atoms with Gasteiger partial charge < -0.3 is 5.32 Å². The third kappa shape index (κ3) is 3.91. The molecule has 0 radical (unpaired) electrons. The Hall–Kier alpha value is -1.04. The van der Waals surface area contributed by atoms with Crippen LogP contribution in [0.5, 0.6) is 0 Å². The number of aryl methyl sites for hydroxylation is 2. The summed E-state index contributed by atoms with van der Waals surface area (Å²) in [7, 11) is -1.05. The summed E-state index contributed by atoms with van der Waals surface area (Å²) in [5, 5.41) is 7.33. The van der Waals surface area contributed by atoms with E-state index in [4.69, 9.17) is 0 Å². The Morgan fingerprint density at radius 2 is 2.20 bits per heavy atom. The number of anilines is 1. The molecule has 0 aliphatic carbocycles. The van der Waals surface area contributed by atoms with Gasteiger partial charge in [0.15, 0.2) is 0 Å². The lowest BCUT2D eigenvalue weighted by molar-refractivity contribution is 0.602. The third-order valence-corrected chi connectivity index (χ3v) is 2.97. The summed E-state index contributed by atoms with van der Waals surface area (Å²) in [5.41, 5.74) is 1.88. The van der Waals surface area contributed by atoms with Crippen LogP contribution in [0, 0.1) is 0 Å². The topological polar surface area (TPSA) is 64.0 Å². The molecule has 5 nitrogen and oxygen atoms in total. The zero-order chi connectivity index (χ0) is 11.5. The zero-order valence-corrected chi connectivity index (χ0v) is 10.1. The molecule has 1 aromatic heterocycles. The minimum absolute atomic E-state index is 0.144. The SMILES string of the molecule is CCc1nn(C)cc1NCCS(C)(=O)=O. The molecule has 1 N–H and O–H groups in total. The summed E-state index contributed by atoms with van der Waals surface area (Å²) in [5.74, 6) is 0.144. The summed E-state index contributed by atoms with van der Waals surface area (Å²) in [4.78, 5) is 0. The number of nitrogens with one attached hydrogen (secondary N) is 1. The lowest BCUT2D eigenvalue weighted by Crippen LogP contribution is -2.14. The molecule has 0 amide bonds. The Bertz CT molecular complexity index is 423. The molecule has 0 spiro atoms. The number of hydrogen-bond donors (Lipinski definition) is 1. The van der Waals surface area contributed by atoms with Gasteiger partial charge in [-0.05, 0) is 6.42 Å². The van der Waals surface area contributed by atoms with Gasteiger partial charge >= 0.3 is 0 Å². The molecule has 1 aromatic rings. The van der Waals surface area contributed by atoms with Crippen molar-refractivity contribution in [1.29, 1.82) is 0 Å². The number of hydrogen-bond acceptors (Lipinski definition) is 4. The van der Waals surface area contributed by atoms with Crippen LogP contribution in [0.2, 0.25) is 0 Å². The fraction of sp³-hybridized carbons (Fsp3) is 0.667. The molecule has 0 unspecified atom stereocenters. The van der Waals surface area contributed by atoms with Crippen molar-refractivity contribution in [2.24, 2.45) is 7.05 Å². The Kier molecular flexibility index (Phi) is 3.73. The van der Waals surface area contributed by atoms with E-state index in [1.165, 1.54) is 6.26 Å². The first-order valence-corrected chi connectivity index (χ1v) is 6.92. The number of nitrogens with zero attached hydrogens (tertiary/aromatic N) is 2. The van der Waals surface area contributed by atoms with Crippen LogP contribution in [0.15, 0.2) is 6.20 Å². The van der Waals surface area contributed by atoms with Crippen LogP contribution in [-0.4, -0.2) is 36.8 Å². The number of aromatic nitrogens is 2. The van der Waals surface area contributed by atoms with E-state index >= 15 is 0 Å². The summed E-state index contributed by atoms with van der Waals surface area (Å²) in [6.07, 6.45) is 3.93. The van der Waals surface area contributed by atoms with Crippen LogP contribution in [0.25, 0.3) is 0 Å². The minimum atomic E-state index is -2.90. The first kappa shape index (κ1) is 12.0. The van der Waals surface area contributed by atoms with E-state index in [-0.39, 0.29) is 5.75 Å². The molecule has 6 heteroatoms. The molecule has 15 heavy (non-hydrogen) atoms. The van der Waals surface area contributed by atoms with Gasteiger partial charge in [-0.1, -0.05) is 6.92 Å². The van der Waals surface area contributed by atoms with Gasteiger partial charge in [0, 0.05) is 26.0 Å². The monoisotopic (exact) mass is 231 g/mol. The van der Waals surface area contributed by atoms with Crippen LogP contribution in [-0.2, 0) is 23.3 Å². The standard InChI is InChI=1S/C9H17N3O2S/c1-4-8-9(7-12(2)11-8)10-5-6-15(3,13)14/h7,10H,4-6H2,1-3H3. The number of rotatable bonds is 5. The zero-order valence-electron chi connectivity index (χ0n) is 9.32. The molecule has 86 valence electrons. The highest BCUT2D eigenvalue weighted by atomic mass is 32.2. The molecule has 0 atom stereocenters. The van der Waals surface area contributed by atoms with Crippen LogP contribution >= 0.6 is 0 Å². The molecule has 1 rings (SSSR count). The predicted molar refractivity (Wildman–Crippen MR) is 60.8 cm³/mol. The van der Waals surface area contributed by atoms with Crippen molar-refractivity contribution >= 4 is 15.5 Å². The van der Waals surface area contributed by atoms with Crippen molar-refractivity contribution in [2.75, 3.05) is 23.9 Å². The molecule has 0 aliphatic heterocycles. The second-order valence-electron chi connectivity index (χ2n) is 3.57. The second-order valence-corrected chi connectivity index (χ2v) is 5.83. The Morgan fingerprint density at radius 3 is 2.73 bits per heavy atom. The van der Waals surface area contributed by atoms with Gasteiger partial charge in [0.1, 0.15) is 9.84 Å². The van der Waals surface area contributed by atoms with Crippen LogP contribution in [0.3, 0.4) is 0 Å². The van der Waals surface area contributed by atoms with Gasteiger partial charge in [0.25, 0.3) is 0 Å². The maximum absolute atomic E-state index is 10.9. The van der Waals surface area contributed by atoms with Gasteiger partial charge in [-0.15, -0.1) is 0 Å². The maximum atomic E-state index is 10.9. The molecule has 0 aliphatic rings. The molecular weight excluding hydrogens is 214 g/mol. The molecule has 0 saturated carbocycles. The van der Waals surface area contributed by atoms with Gasteiger partial charge in [-0.3, -0.25) is 4.68 Å². The lowest BCUT2D eigenvalue weighted by Gasteiger charge is -2.03. The van der Waals surface area contributed by atoms with E-state index < -0.39 is 9.84 Å². The Labute approximate surface area is 90.4 Å². The van der Waals surface area contributed by atoms with Crippen molar-refractivity contribution in [2.45, 2.75) is 13.3 Å². The van der Waals surface area contributed by atoms with Crippen LogP contribution in [0.4, 0.5) is 5.69 Å². The van der Waals surface area contributed by atoms with E-state index in [2.05, 4.69) is 10.4 Å². The summed E-state index contributed by atoms with van der Waals surface area (Å²) < 4.78 is 23.6. The lowest BCUT2D eigenvalue weighted by atomic mass is 10.3. The maximum Gasteiger partial charge on any atom is 0.149 e. The highest BCUT2D eigenvalue weighted by Gasteiger charge is 2.06. The first-order chi connectivity index (χ1) is 6.92. The summed E-state index contributed by atoms with van der Waals surface area (Å²) >= 11 is 0. The van der Waals surface area contributed by atoms with Gasteiger partial charge in [0.05, 0.1) is 17.1 Å². The Balaban J connectivity index is 2.57. The highest BCUT2D eigenvalue weighted by molar-refractivity contribution is 7.90. The van der Waals surface area contributed by atoms with E-state index in [1.54, 1.807) is 4.68 Å². The van der Waals surface area contributed by atoms with Crippen LogP contribution < -0.4 is 5.32 Å². The summed E-state index contributed by atoms with van der Waals surface area (Å²) in [6.45, 7) is 2.45. The largest absolute Gasteiger partial charge is 0.381 e. The van der Waals surface area contributed by atoms with Crippen molar-refractivity contribution < 1.29 is 8.42 Å².